The summed E-state index contributed by atoms with van der Waals surface area (Å²) in [7, 11) is 1.92. The Kier molecular flexibility index (Phi) is 8.00. The summed E-state index contributed by atoms with van der Waals surface area (Å²) in [5.41, 5.74) is 7.19. The zero-order chi connectivity index (χ0) is 26.4. The average Bonchev–Trinajstić information content (AvgIpc) is 3.29. The molecular weight excluding hydrogens is 466 g/mol. The number of likely N-dealkylation sites (N-methyl/N-ethyl adjacent to an activating group) is 1. The fraction of sp³-hybridized carbons (Fsp3) is 0.207. The molecule has 0 aliphatic heterocycles. The maximum atomic E-state index is 12.5. The molecule has 0 atom stereocenters. The number of H-pyrrole nitrogens is 1. The van der Waals surface area contributed by atoms with Crippen LogP contribution in [0.25, 0.3) is 33.4 Å². The largest absolute Gasteiger partial charge is 0.462 e. The van der Waals surface area contributed by atoms with Gasteiger partial charge >= 0.3 is 5.97 Å². The number of carbonyl (C=O) groups is 2. The van der Waals surface area contributed by atoms with Crippen LogP contribution < -0.4 is 16.0 Å². The molecule has 0 spiro atoms. The molecule has 0 fully saturated rings. The zero-order valence-corrected chi connectivity index (χ0v) is 21.3. The molecule has 2 heterocycles. The van der Waals surface area contributed by atoms with E-state index in [1.165, 1.54) is 12.3 Å². The lowest BCUT2D eigenvalue weighted by atomic mass is 9.96. The predicted molar refractivity (Wildman–Crippen MR) is 149 cm³/mol. The molecule has 2 aromatic carbocycles. The third-order valence-electron chi connectivity index (χ3n) is 6.01. The van der Waals surface area contributed by atoms with E-state index in [2.05, 4.69) is 32.5 Å². The van der Waals surface area contributed by atoms with Crippen LogP contribution in [-0.2, 0) is 9.53 Å². The molecule has 8 nitrogen and oxygen atoms in total. The number of aryl methyl sites for hydroxylation is 1. The van der Waals surface area contributed by atoms with Gasteiger partial charge in [0, 0.05) is 41.6 Å². The van der Waals surface area contributed by atoms with Crippen LogP contribution >= 0.6 is 0 Å². The van der Waals surface area contributed by atoms with Crippen molar-refractivity contribution < 1.29 is 14.3 Å². The number of fused-ring (bicyclic) bond motifs is 1. The van der Waals surface area contributed by atoms with E-state index in [9.17, 15) is 9.59 Å². The molecule has 0 aliphatic rings. The second-order valence-corrected chi connectivity index (χ2v) is 8.55. The van der Waals surface area contributed by atoms with Crippen molar-refractivity contribution in [3.63, 3.8) is 0 Å². The molecule has 4 N–H and O–H groups in total. The Morgan fingerprint density at radius 1 is 1.08 bits per heavy atom. The van der Waals surface area contributed by atoms with Crippen molar-refractivity contribution in [2.45, 2.75) is 13.8 Å². The van der Waals surface area contributed by atoms with Gasteiger partial charge in [0.2, 0.25) is 5.91 Å². The Hall–Kier alpha value is -4.43. The molecule has 0 radical (unpaired) electrons. The summed E-state index contributed by atoms with van der Waals surface area (Å²) < 4.78 is 5.20. The van der Waals surface area contributed by atoms with Crippen LogP contribution in [0.4, 0.5) is 11.4 Å². The number of benzene rings is 2. The van der Waals surface area contributed by atoms with E-state index in [0.717, 1.165) is 52.1 Å². The number of pyridine rings is 1. The van der Waals surface area contributed by atoms with Crippen molar-refractivity contribution in [1.29, 1.82) is 0 Å². The lowest BCUT2D eigenvalue weighted by Gasteiger charge is -2.12. The van der Waals surface area contributed by atoms with E-state index in [0.29, 0.717) is 16.9 Å². The Balaban J connectivity index is 1.86. The van der Waals surface area contributed by atoms with Crippen LogP contribution in [0.15, 0.2) is 67.4 Å². The van der Waals surface area contributed by atoms with Crippen LogP contribution in [0.2, 0.25) is 0 Å². The minimum atomic E-state index is -0.426. The predicted octanol–water partition coefficient (Wildman–Crippen LogP) is 5.14. The molecule has 1 amide bonds. The van der Waals surface area contributed by atoms with Crippen molar-refractivity contribution >= 4 is 34.3 Å². The Labute approximate surface area is 216 Å². The zero-order valence-electron chi connectivity index (χ0n) is 21.3. The van der Waals surface area contributed by atoms with Crippen molar-refractivity contribution in [3.05, 3.63) is 78.5 Å². The maximum absolute atomic E-state index is 12.5. The molecule has 0 bridgehead atoms. The average molecular weight is 498 g/mol. The van der Waals surface area contributed by atoms with E-state index in [1.807, 2.05) is 56.4 Å². The third-order valence-corrected chi connectivity index (χ3v) is 6.01. The summed E-state index contributed by atoms with van der Waals surface area (Å²) in [6.07, 6.45) is 2.76. The van der Waals surface area contributed by atoms with E-state index in [4.69, 9.17) is 4.74 Å². The van der Waals surface area contributed by atoms with Crippen molar-refractivity contribution in [2.75, 3.05) is 37.4 Å². The van der Waals surface area contributed by atoms with Gasteiger partial charge < -0.3 is 25.7 Å². The van der Waals surface area contributed by atoms with Crippen LogP contribution in [0.1, 0.15) is 22.8 Å². The van der Waals surface area contributed by atoms with E-state index >= 15 is 0 Å². The summed E-state index contributed by atoms with van der Waals surface area (Å²) >= 11 is 0. The van der Waals surface area contributed by atoms with Crippen LogP contribution in [-0.4, -0.2) is 48.6 Å². The molecule has 2 aromatic heterocycles. The minimum absolute atomic E-state index is 0.279. The standard InChI is InChI=1S/C29H31N5O3/c1-5-25(35)33-24-16-20(8-7-18(24)3)26-23-15-21(29(36)37-6-2)17-32-28(23)34-27(26)19-9-11-22(12-10-19)31-14-13-30-4/h5,7-12,15-17,30-31H,1,6,13-14H2,2-4H3,(H,32,34)(H,33,35). The normalized spacial score (nSPS) is 10.8. The van der Waals surface area contributed by atoms with Gasteiger partial charge in [0.05, 0.1) is 17.9 Å². The van der Waals surface area contributed by atoms with Crippen LogP contribution in [0, 0.1) is 6.92 Å². The van der Waals surface area contributed by atoms with Gasteiger partial charge in [0.1, 0.15) is 5.65 Å². The minimum Gasteiger partial charge on any atom is -0.462 e. The van der Waals surface area contributed by atoms with Crippen LogP contribution in [0.3, 0.4) is 0 Å². The maximum Gasteiger partial charge on any atom is 0.339 e. The molecule has 190 valence electrons. The molecule has 0 aliphatic carbocycles. The number of aromatic nitrogens is 2. The fourth-order valence-electron chi connectivity index (χ4n) is 4.10. The number of aromatic amines is 1. The molecule has 4 aromatic rings. The van der Waals surface area contributed by atoms with Gasteiger partial charge in [-0.25, -0.2) is 9.78 Å². The number of ether oxygens (including phenoxy) is 1. The van der Waals surface area contributed by atoms with Gasteiger partial charge in [-0.3, -0.25) is 4.79 Å². The van der Waals surface area contributed by atoms with Gasteiger partial charge in [0.25, 0.3) is 0 Å². The fourth-order valence-corrected chi connectivity index (χ4v) is 4.10. The number of hydrogen-bond donors (Lipinski definition) is 4. The van der Waals surface area contributed by atoms with E-state index in [1.54, 1.807) is 13.0 Å². The van der Waals surface area contributed by atoms with Gasteiger partial charge in [-0.05, 0) is 67.9 Å². The quantitative estimate of drug-likeness (QED) is 0.137. The second kappa shape index (κ2) is 11.5. The third kappa shape index (κ3) is 5.70. The Morgan fingerprint density at radius 3 is 2.54 bits per heavy atom. The molecule has 0 saturated heterocycles. The highest BCUT2D eigenvalue weighted by Gasteiger charge is 2.19. The molecule has 37 heavy (non-hydrogen) atoms. The topological polar surface area (TPSA) is 108 Å². The summed E-state index contributed by atoms with van der Waals surface area (Å²) in [5, 5.41) is 10.2. The van der Waals surface area contributed by atoms with E-state index in [-0.39, 0.29) is 12.5 Å². The van der Waals surface area contributed by atoms with Crippen molar-refractivity contribution in [1.82, 2.24) is 15.3 Å². The second-order valence-electron chi connectivity index (χ2n) is 8.55. The summed E-state index contributed by atoms with van der Waals surface area (Å²) in [6.45, 7) is 9.20. The molecule has 4 rings (SSSR count). The van der Waals surface area contributed by atoms with Gasteiger partial charge in [-0.15, -0.1) is 0 Å². The summed E-state index contributed by atoms with van der Waals surface area (Å²) in [5.74, 6) is -0.711. The highest BCUT2D eigenvalue weighted by atomic mass is 16.5. The van der Waals surface area contributed by atoms with Crippen molar-refractivity contribution in [2.24, 2.45) is 0 Å². The number of esters is 1. The molecule has 8 heteroatoms. The first kappa shape index (κ1) is 25.7. The summed E-state index contributed by atoms with van der Waals surface area (Å²) in [6, 6.07) is 15.8. The number of rotatable bonds is 10. The molecule has 0 unspecified atom stereocenters. The van der Waals surface area contributed by atoms with Crippen LogP contribution in [0.5, 0.6) is 0 Å². The van der Waals surface area contributed by atoms with Gasteiger partial charge in [-0.1, -0.05) is 30.8 Å². The number of amides is 1. The highest BCUT2D eigenvalue weighted by molar-refractivity contribution is 6.06. The van der Waals surface area contributed by atoms with Crippen molar-refractivity contribution in [3.8, 4) is 22.4 Å². The monoisotopic (exact) mass is 497 g/mol. The Morgan fingerprint density at radius 2 is 1.84 bits per heavy atom. The smallest absolute Gasteiger partial charge is 0.339 e. The highest BCUT2D eigenvalue weighted by Crippen LogP contribution is 2.39. The number of nitrogens with one attached hydrogen (secondary N) is 4. The number of nitrogens with zero attached hydrogens (tertiary/aromatic N) is 1. The molecular formula is C29H31N5O3. The first-order valence-corrected chi connectivity index (χ1v) is 12.2. The lowest BCUT2D eigenvalue weighted by Crippen LogP contribution is -2.17. The SMILES string of the molecule is C=CC(=O)Nc1cc(-c2c(-c3ccc(NCCNC)cc3)[nH]c3ncc(C(=O)OCC)cc23)ccc1C. The lowest BCUT2D eigenvalue weighted by molar-refractivity contribution is -0.111. The summed E-state index contributed by atoms with van der Waals surface area (Å²) in [4.78, 5) is 32.5. The van der Waals surface area contributed by atoms with Gasteiger partial charge in [0.15, 0.2) is 0 Å². The number of hydrogen-bond acceptors (Lipinski definition) is 6. The Bertz CT molecular complexity index is 1440. The first-order valence-electron chi connectivity index (χ1n) is 12.2. The molecule has 0 saturated carbocycles. The van der Waals surface area contributed by atoms with E-state index < -0.39 is 5.97 Å². The number of carbonyl (C=O) groups excluding carboxylic acids is 2. The first-order chi connectivity index (χ1) is 17.9. The number of anilines is 2. The van der Waals surface area contributed by atoms with Gasteiger partial charge in [-0.2, -0.15) is 0 Å².